The van der Waals surface area contributed by atoms with Gasteiger partial charge in [-0.2, -0.15) is 0 Å². The number of unbranched alkanes of at least 4 members (excludes halogenated alkanes) is 1. The molecule has 158 valence electrons. The number of rotatable bonds is 13. The van der Waals surface area contributed by atoms with E-state index in [2.05, 4.69) is 58.9 Å². The van der Waals surface area contributed by atoms with Gasteiger partial charge in [0.1, 0.15) is 0 Å². The number of guanidine groups is 1. The highest BCUT2D eigenvalue weighted by Crippen LogP contribution is 2.09. The van der Waals surface area contributed by atoms with Gasteiger partial charge >= 0.3 is 0 Å². The molecule has 0 aliphatic carbocycles. The summed E-state index contributed by atoms with van der Waals surface area (Å²) in [6.45, 7) is 9.37. The van der Waals surface area contributed by atoms with Gasteiger partial charge in [0.05, 0.1) is 19.8 Å². The van der Waals surface area contributed by atoms with Crippen molar-refractivity contribution >= 4 is 5.96 Å². The molecule has 0 unspecified atom stereocenters. The summed E-state index contributed by atoms with van der Waals surface area (Å²) in [4.78, 5) is 4.68. The molecule has 0 amide bonds. The van der Waals surface area contributed by atoms with Crippen LogP contribution in [-0.4, -0.2) is 32.3 Å². The summed E-state index contributed by atoms with van der Waals surface area (Å²) in [6.07, 6.45) is 2.14. The minimum atomic E-state index is 0.615. The third kappa shape index (κ3) is 10.1. The topological polar surface area (TPSA) is 54.9 Å². The Labute approximate surface area is 175 Å². The summed E-state index contributed by atoms with van der Waals surface area (Å²) in [5, 5.41) is 6.68. The van der Waals surface area contributed by atoms with Gasteiger partial charge < -0.3 is 20.1 Å². The molecule has 0 aromatic heterocycles. The highest BCUT2D eigenvalue weighted by molar-refractivity contribution is 5.79. The van der Waals surface area contributed by atoms with Crippen molar-refractivity contribution in [3.8, 4) is 0 Å². The quantitative estimate of drug-likeness (QED) is 0.301. The average Bonchev–Trinajstić information content (AvgIpc) is 2.76. The summed E-state index contributed by atoms with van der Waals surface area (Å²) in [5.74, 6) is 0.860. The molecule has 0 bridgehead atoms. The molecule has 2 aromatic rings. The maximum Gasteiger partial charge on any atom is 0.191 e. The maximum absolute atomic E-state index is 5.80. The molecule has 0 aliphatic rings. The Bertz CT molecular complexity index is 687. The second-order valence-electron chi connectivity index (χ2n) is 6.82. The zero-order valence-corrected chi connectivity index (χ0v) is 17.8. The van der Waals surface area contributed by atoms with Crippen LogP contribution in [0.1, 0.15) is 43.4 Å². The molecular formula is C24H35N3O2. The summed E-state index contributed by atoms with van der Waals surface area (Å²) >= 11 is 0. The molecule has 2 aromatic carbocycles. The van der Waals surface area contributed by atoms with Crippen LogP contribution in [0.3, 0.4) is 0 Å². The van der Waals surface area contributed by atoms with Crippen LogP contribution in [0.2, 0.25) is 0 Å². The largest absolute Gasteiger partial charge is 0.382 e. The van der Waals surface area contributed by atoms with Gasteiger partial charge in [0.25, 0.3) is 0 Å². The van der Waals surface area contributed by atoms with Crippen molar-refractivity contribution in [1.82, 2.24) is 10.6 Å². The lowest BCUT2D eigenvalue weighted by molar-refractivity contribution is 0.107. The van der Waals surface area contributed by atoms with Crippen LogP contribution in [0.4, 0.5) is 0 Å². The fourth-order valence-electron chi connectivity index (χ4n) is 2.79. The van der Waals surface area contributed by atoms with E-state index in [9.17, 15) is 0 Å². The molecule has 5 heteroatoms. The van der Waals surface area contributed by atoms with Gasteiger partial charge in [0.15, 0.2) is 5.96 Å². The first kappa shape index (κ1) is 22.9. The van der Waals surface area contributed by atoms with E-state index in [0.717, 1.165) is 45.1 Å². The van der Waals surface area contributed by atoms with E-state index in [0.29, 0.717) is 19.8 Å². The Hall–Kier alpha value is -2.37. The maximum atomic E-state index is 5.80. The zero-order valence-electron chi connectivity index (χ0n) is 17.8. The van der Waals surface area contributed by atoms with Gasteiger partial charge in [-0.3, -0.25) is 0 Å². The molecule has 2 N–H and O–H groups in total. The van der Waals surface area contributed by atoms with E-state index in [1.54, 1.807) is 0 Å². The number of benzene rings is 2. The molecule has 0 spiro atoms. The molecule has 5 nitrogen and oxygen atoms in total. The van der Waals surface area contributed by atoms with Crippen molar-refractivity contribution in [1.29, 1.82) is 0 Å². The molecule has 0 atom stereocenters. The predicted octanol–water partition coefficient (Wildman–Crippen LogP) is 4.28. The number of aliphatic imine (C=N–C) groups is 1. The number of nitrogens with one attached hydrogen (secondary N) is 2. The van der Waals surface area contributed by atoms with Crippen LogP contribution in [0.25, 0.3) is 0 Å². The van der Waals surface area contributed by atoms with Gasteiger partial charge in [-0.1, -0.05) is 54.6 Å². The SMILES string of the molecule is CCNC(=NCc1ccc(COCc2ccccc2)cc1)NCCCCOCC. The third-order valence-electron chi connectivity index (χ3n) is 4.38. The van der Waals surface area contributed by atoms with Gasteiger partial charge in [0.2, 0.25) is 0 Å². The van der Waals surface area contributed by atoms with E-state index in [1.165, 1.54) is 16.7 Å². The van der Waals surface area contributed by atoms with E-state index >= 15 is 0 Å². The lowest BCUT2D eigenvalue weighted by atomic mass is 10.1. The molecule has 29 heavy (non-hydrogen) atoms. The standard InChI is InChI=1S/C24H35N3O2/c1-3-25-24(26-16-8-9-17-28-4-2)27-18-21-12-14-23(15-13-21)20-29-19-22-10-6-5-7-11-22/h5-7,10-15H,3-4,8-9,16-20H2,1-2H3,(H2,25,26,27). The Balaban J connectivity index is 1.72. The van der Waals surface area contributed by atoms with Gasteiger partial charge in [0, 0.05) is 26.3 Å². The minimum absolute atomic E-state index is 0.615. The average molecular weight is 398 g/mol. The second kappa shape index (κ2) is 14.6. The Morgan fingerprint density at radius 1 is 0.793 bits per heavy atom. The molecule has 0 radical (unpaired) electrons. The van der Waals surface area contributed by atoms with E-state index in [4.69, 9.17) is 9.47 Å². The molecular weight excluding hydrogens is 362 g/mol. The second-order valence-corrected chi connectivity index (χ2v) is 6.82. The lowest BCUT2D eigenvalue weighted by Crippen LogP contribution is -2.37. The van der Waals surface area contributed by atoms with Crippen molar-refractivity contribution < 1.29 is 9.47 Å². The monoisotopic (exact) mass is 397 g/mol. The van der Waals surface area contributed by atoms with E-state index in [1.807, 2.05) is 25.1 Å². The van der Waals surface area contributed by atoms with Crippen molar-refractivity contribution in [3.63, 3.8) is 0 Å². The highest BCUT2D eigenvalue weighted by atomic mass is 16.5. The molecule has 0 saturated carbocycles. The van der Waals surface area contributed by atoms with E-state index < -0.39 is 0 Å². The molecule has 0 saturated heterocycles. The third-order valence-corrected chi connectivity index (χ3v) is 4.38. The summed E-state index contributed by atoms with van der Waals surface area (Å²) in [7, 11) is 0. The van der Waals surface area contributed by atoms with E-state index in [-0.39, 0.29) is 0 Å². The number of hydrogen-bond donors (Lipinski definition) is 2. The number of nitrogens with zero attached hydrogens (tertiary/aromatic N) is 1. The summed E-state index contributed by atoms with van der Waals surface area (Å²) in [5.41, 5.74) is 3.55. The van der Waals surface area contributed by atoms with Crippen LogP contribution in [0.5, 0.6) is 0 Å². The van der Waals surface area contributed by atoms with Gasteiger partial charge in [-0.05, 0) is 43.4 Å². The zero-order chi connectivity index (χ0) is 20.6. The normalized spacial score (nSPS) is 11.4. The Morgan fingerprint density at radius 3 is 2.17 bits per heavy atom. The number of ether oxygens (including phenoxy) is 2. The summed E-state index contributed by atoms with van der Waals surface area (Å²) in [6, 6.07) is 18.7. The van der Waals surface area contributed by atoms with Crippen LogP contribution in [0.15, 0.2) is 59.6 Å². The number of hydrogen-bond acceptors (Lipinski definition) is 3. The Kier molecular flexibility index (Phi) is 11.5. The fraction of sp³-hybridized carbons (Fsp3) is 0.458. The smallest absolute Gasteiger partial charge is 0.191 e. The first-order valence-corrected chi connectivity index (χ1v) is 10.6. The highest BCUT2D eigenvalue weighted by Gasteiger charge is 1.99. The van der Waals surface area contributed by atoms with Crippen molar-refractivity contribution in [2.75, 3.05) is 26.3 Å². The van der Waals surface area contributed by atoms with Crippen molar-refractivity contribution in [3.05, 3.63) is 71.3 Å². The fourth-order valence-corrected chi connectivity index (χ4v) is 2.79. The summed E-state index contributed by atoms with van der Waals surface area (Å²) < 4.78 is 11.2. The van der Waals surface area contributed by atoms with Crippen LogP contribution >= 0.6 is 0 Å². The van der Waals surface area contributed by atoms with Crippen LogP contribution < -0.4 is 10.6 Å². The molecule has 0 fully saturated rings. The molecule has 2 rings (SSSR count). The Morgan fingerprint density at radius 2 is 1.48 bits per heavy atom. The van der Waals surface area contributed by atoms with Crippen LogP contribution in [-0.2, 0) is 29.2 Å². The molecule has 0 aliphatic heterocycles. The predicted molar refractivity (Wildman–Crippen MR) is 120 cm³/mol. The van der Waals surface area contributed by atoms with Crippen molar-refractivity contribution in [2.45, 2.75) is 46.4 Å². The molecule has 0 heterocycles. The minimum Gasteiger partial charge on any atom is -0.382 e. The van der Waals surface area contributed by atoms with Gasteiger partial charge in [-0.15, -0.1) is 0 Å². The van der Waals surface area contributed by atoms with Gasteiger partial charge in [-0.25, -0.2) is 4.99 Å². The first-order valence-electron chi connectivity index (χ1n) is 10.6. The lowest BCUT2D eigenvalue weighted by Gasteiger charge is -2.11. The van der Waals surface area contributed by atoms with Crippen molar-refractivity contribution in [2.24, 2.45) is 4.99 Å². The van der Waals surface area contributed by atoms with Crippen LogP contribution in [0, 0.1) is 0 Å². The first-order chi connectivity index (χ1) is 14.3.